The van der Waals surface area contributed by atoms with E-state index in [9.17, 15) is 9.59 Å². The first-order chi connectivity index (χ1) is 11.7. The normalized spacial score (nSPS) is 16.9. The Morgan fingerprint density at radius 2 is 1.58 bits per heavy atom. The standard InChI is InChI=1S/C20H20N2O2/c1-2-21-10-12-22(13-11-21)20(24)17-9-5-8-16-18(17)14-6-3-4-7-15(14)19(16)23/h3-9H,2,10-13H2,1H3. The lowest BCUT2D eigenvalue weighted by atomic mass is 9.98. The van der Waals surface area contributed by atoms with Crippen LogP contribution in [0.3, 0.4) is 0 Å². The van der Waals surface area contributed by atoms with E-state index in [2.05, 4.69) is 11.8 Å². The Bertz CT molecular complexity index is 820. The summed E-state index contributed by atoms with van der Waals surface area (Å²) in [5.74, 6) is 0.0539. The van der Waals surface area contributed by atoms with Crippen molar-refractivity contribution in [3.05, 3.63) is 59.2 Å². The van der Waals surface area contributed by atoms with Crippen molar-refractivity contribution in [1.29, 1.82) is 0 Å². The molecule has 1 aliphatic carbocycles. The molecule has 0 aromatic heterocycles. The molecular weight excluding hydrogens is 300 g/mol. The second kappa shape index (κ2) is 5.87. The molecule has 2 aliphatic rings. The summed E-state index contributed by atoms with van der Waals surface area (Å²) in [5, 5.41) is 0. The fourth-order valence-electron chi connectivity index (χ4n) is 3.69. The number of rotatable bonds is 2. The van der Waals surface area contributed by atoms with E-state index in [1.54, 1.807) is 0 Å². The predicted octanol–water partition coefficient (Wildman–Crippen LogP) is 2.68. The van der Waals surface area contributed by atoms with E-state index >= 15 is 0 Å². The summed E-state index contributed by atoms with van der Waals surface area (Å²) in [7, 11) is 0. The van der Waals surface area contributed by atoms with Crippen LogP contribution in [0.15, 0.2) is 42.5 Å². The molecule has 4 heteroatoms. The molecule has 0 unspecified atom stereocenters. The maximum atomic E-state index is 13.1. The Morgan fingerprint density at radius 1 is 0.917 bits per heavy atom. The van der Waals surface area contributed by atoms with Gasteiger partial charge in [0.1, 0.15) is 0 Å². The van der Waals surface area contributed by atoms with Gasteiger partial charge in [0, 0.05) is 48.4 Å². The van der Waals surface area contributed by atoms with Crippen molar-refractivity contribution in [2.75, 3.05) is 32.7 Å². The van der Waals surface area contributed by atoms with E-state index in [4.69, 9.17) is 0 Å². The van der Waals surface area contributed by atoms with Crippen LogP contribution in [0.5, 0.6) is 0 Å². The van der Waals surface area contributed by atoms with Crippen molar-refractivity contribution >= 4 is 11.7 Å². The highest BCUT2D eigenvalue weighted by Crippen LogP contribution is 2.39. The smallest absolute Gasteiger partial charge is 0.254 e. The second-order valence-electron chi connectivity index (χ2n) is 6.33. The van der Waals surface area contributed by atoms with Gasteiger partial charge in [-0.2, -0.15) is 0 Å². The van der Waals surface area contributed by atoms with Gasteiger partial charge in [-0.1, -0.05) is 43.3 Å². The van der Waals surface area contributed by atoms with Crippen molar-refractivity contribution < 1.29 is 9.59 Å². The van der Waals surface area contributed by atoms with E-state index in [1.807, 2.05) is 47.4 Å². The molecule has 1 saturated heterocycles. The van der Waals surface area contributed by atoms with Crippen LogP contribution < -0.4 is 0 Å². The van der Waals surface area contributed by atoms with Gasteiger partial charge in [0.25, 0.3) is 5.91 Å². The summed E-state index contributed by atoms with van der Waals surface area (Å²) in [6, 6.07) is 13.1. The number of carbonyl (C=O) groups is 2. The maximum Gasteiger partial charge on any atom is 0.254 e. The van der Waals surface area contributed by atoms with Gasteiger partial charge in [0.2, 0.25) is 0 Å². The van der Waals surface area contributed by atoms with Crippen molar-refractivity contribution in [1.82, 2.24) is 9.80 Å². The zero-order valence-electron chi connectivity index (χ0n) is 13.8. The maximum absolute atomic E-state index is 13.1. The highest BCUT2D eigenvalue weighted by molar-refractivity contribution is 6.24. The number of ketones is 1. The van der Waals surface area contributed by atoms with Crippen molar-refractivity contribution in [3.8, 4) is 11.1 Å². The Morgan fingerprint density at radius 3 is 2.29 bits per heavy atom. The van der Waals surface area contributed by atoms with E-state index < -0.39 is 0 Å². The highest BCUT2D eigenvalue weighted by Gasteiger charge is 2.32. The number of amides is 1. The summed E-state index contributed by atoms with van der Waals surface area (Å²) in [4.78, 5) is 29.9. The predicted molar refractivity (Wildman–Crippen MR) is 93.3 cm³/mol. The van der Waals surface area contributed by atoms with Gasteiger partial charge in [-0.3, -0.25) is 9.59 Å². The SMILES string of the molecule is CCN1CCN(C(=O)c2cccc3c2-c2ccccc2C3=O)CC1. The molecule has 4 rings (SSSR count). The van der Waals surface area contributed by atoms with Gasteiger partial charge in [-0.15, -0.1) is 0 Å². The molecule has 0 radical (unpaired) electrons. The van der Waals surface area contributed by atoms with Crippen LogP contribution in [0.2, 0.25) is 0 Å². The largest absolute Gasteiger partial charge is 0.336 e. The summed E-state index contributed by atoms with van der Waals surface area (Å²) in [5.41, 5.74) is 3.68. The van der Waals surface area contributed by atoms with Crippen LogP contribution in [0, 0.1) is 0 Å². The molecule has 0 spiro atoms. The van der Waals surface area contributed by atoms with Gasteiger partial charge in [-0.25, -0.2) is 0 Å². The number of nitrogens with zero attached hydrogens (tertiary/aromatic N) is 2. The number of benzene rings is 2. The number of fused-ring (bicyclic) bond motifs is 3. The zero-order chi connectivity index (χ0) is 16.7. The first kappa shape index (κ1) is 15.1. The Hall–Kier alpha value is -2.46. The average molecular weight is 320 g/mol. The van der Waals surface area contributed by atoms with E-state index in [0.29, 0.717) is 16.7 Å². The molecule has 2 aromatic carbocycles. The lowest BCUT2D eigenvalue weighted by Gasteiger charge is -2.34. The minimum Gasteiger partial charge on any atom is -0.336 e. The summed E-state index contributed by atoms with van der Waals surface area (Å²) < 4.78 is 0. The quantitative estimate of drug-likeness (QED) is 0.729. The Balaban J connectivity index is 1.72. The molecule has 1 amide bonds. The lowest BCUT2D eigenvalue weighted by molar-refractivity contribution is 0.0644. The third-order valence-electron chi connectivity index (χ3n) is 5.09. The Labute approximate surface area is 141 Å². The molecule has 0 saturated carbocycles. The second-order valence-corrected chi connectivity index (χ2v) is 6.33. The average Bonchev–Trinajstić information content (AvgIpc) is 2.94. The van der Waals surface area contributed by atoms with Crippen molar-refractivity contribution in [2.24, 2.45) is 0 Å². The van der Waals surface area contributed by atoms with Crippen LogP contribution in [-0.4, -0.2) is 54.2 Å². The number of hydrogen-bond acceptors (Lipinski definition) is 3. The van der Waals surface area contributed by atoms with Crippen LogP contribution in [-0.2, 0) is 0 Å². The lowest BCUT2D eigenvalue weighted by Crippen LogP contribution is -2.48. The minimum atomic E-state index is 0.0195. The summed E-state index contributed by atoms with van der Waals surface area (Å²) in [6.07, 6.45) is 0. The number of hydrogen-bond donors (Lipinski definition) is 0. The fraction of sp³-hybridized carbons (Fsp3) is 0.300. The van der Waals surface area contributed by atoms with Crippen LogP contribution in [0.25, 0.3) is 11.1 Å². The molecule has 122 valence electrons. The summed E-state index contributed by atoms with van der Waals surface area (Å²) >= 11 is 0. The minimum absolute atomic E-state index is 0.0195. The first-order valence-corrected chi connectivity index (χ1v) is 8.49. The van der Waals surface area contributed by atoms with Crippen molar-refractivity contribution in [3.63, 3.8) is 0 Å². The number of carbonyl (C=O) groups excluding carboxylic acids is 2. The topological polar surface area (TPSA) is 40.6 Å². The van der Waals surface area contributed by atoms with Gasteiger partial charge < -0.3 is 9.80 Å². The Kier molecular flexibility index (Phi) is 3.69. The first-order valence-electron chi connectivity index (χ1n) is 8.49. The molecule has 2 aromatic rings. The van der Waals surface area contributed by atoms with E-state index in [1.165, 1.54) is 0 Å². The van der Waals surface area contributed by atoms with Gasteiger partial charge in [-0.05, 0) is 18.2 Å². The molecule has 0 N–H and O–H groups in total. The molecule has 24 heavy (non-hydrogen) atoms. The molecule has 0 bridgehead atoms. The van der Waals surface area contributed by atoms with Crippen LogP contribution >= 0.6 is 0 Å². The van der Waals surface area contributed by atoms with E-state index in [-0.39, 0.29) is 11.7 Å². The monoisotopic (exact) mass is 320 g/mol. The molecule has 1 aliphatic heterocycles. The summed E-state index contributed by atoms with van der Waals surface area (Å²) in [6.45, 7) is 6.46. The van der Waals surface area contributed by atoms with E-state index in [0.717, 1.165) is 43.9 Å². The third-order valence-corrected chi connectivity index (χ3v) is 5.09. The molecule has 0 atom stereocenters. The highest BCUT2D eigenvalue weighted by atomic mass is 16.2. The van der Waals surface area contributed by atoms with Gasteiger partial charge in [0.15, 0.2) is 5.78 Å². The molecular formula is C20H20N2O2. The number of piperazine rings is 1. The third kappa shape index (κ3) is 2.26. The van der Waals surface area contributed by atoms with Crippen LogP contribution in [0.1, 0.15) is 33.2 Å². The van der Waals surface area contributed by atoms with Crippen LogP contribution in [0.4, 0.5) is 0 Å². The number of likely N-dealkylation sites (N-methyl/N-ethyl adjacent to an activating group) is 1. The molecule has 1 heterocycles. The zero-order valence-corrected chi connectivity index (χ0v) is 13.8. The fourth-order valence-corrected chi connectivity index (χ4v) is 3.69. The van der Waals surface area contributed by atoms with Crippen molar-refractivity contribution in [2.45, 2.75) is 6.92 Å². The van der Waals surface area contributed by atoms with Gasteiger partial charge in [0.05, 0.1) is 0 Å². The molecule has 4 nitrogen and oxygen atoms in total. The van der Waals surface area contributed by atoms with Gasteiger partial charge >= 0.3 is 0 Å². The molecule has 1 fully saturated rings.